The van der Waals surface area contributed by atoms with Gasteiger partial charge in [0.2, 0.25) is 0 Å². The highest BCUT2D eigenvalue weighted by Crippen LogP contribution is 2.29. The molecule has 138 valence electrons. The normalized spacial score (nSPS) is 15.4. The van der Waals surface area contributed by atoms with Crippen LogP contribution in [0.2, 0.25) is 0 Å². The number of nitrogens with zero attached hydrogens (tertiary/aromatic N) is 1. The third-order valence-electron chi connectivity index (χ3n) is 4.86. The topological polar surface area (TPSA) is 41.6 Å². The largest absolute Gasteiger partial charge is 0.491 e. The summed E-state index contributed by atoms with van der Waals surface area (Å²) >= 11 is 0. The van der Waals surface area contributed by atoms with Gasteiger partial charge >= 0.3 is 0 Å². The van der Waals surface area contributed by atoms with Crippen LogP contribution in [-0.2, 0) is 0 Å². The Morgan fingerprint density at radius 3 is 2.65 bits per heavy atom. The Balaban J connectivity index is 1.75. The Morgan fingerprint density at radius 2 is 1.88 bits per heavy atom. The molecule has 1 aliphatic heterocycles. The molecule has 1 amide bonds. The average Bonchev–Trinajstić information content (AvgIpc) is 2.69. The summed E-state index contributed by atoms with van der Waals surface area (Å²) in [5.74, 6) is 0.625. The molecular formula is C22H28N2O2. The first kappa shape index (κ1) is 18.3. The lowest BCUT2D eigenvalue weighted by molar-refractivity contribution is 0.102. The number of piperidine rings is 1. The maximum absolute atomic E-state index is 12.8. The van der Waals surface area contributed by atoms with Gasteiger partial charge in [-0.2, -0.15) is 0 Å². The summed E-state index contributed by atoms with van der Waals surface area (Å²) in [6, 6.07) is 15.4. The zero-order chi connectivity index (χ0) is 18.4. The van der Waals surface area contributed by atoms with Crippen molar-refractivity contribution in [1.29, 1.82) is 0 Å². The minimum absolute atomic E-state index is 0.107. The van der Waals surface area contributed by atoms with Crippen molar-refractivity contribution in [2.24, 2.45) is 0 Å². The molecule has 0 saturated carbocycles. The quantitative estimate of drug-likeness (QED) is 0.786. The van der Waals surface area contributed by atoms with Gasteiger partial charge in [-0.25, -0.2) is 0 Å². The third kappa shape index (κ3) is 4.57. The van der Waals surface area contributed by atoms with Crippen molar-refractivity contribution >= 4 is 17.3 Å². The summed E-state index contributed by atoms with van der Waals surface area (Å²) in [4.78, 5) is 15.1. The number of anilines is 2. The number of nitrogens with one attached hydrogen (secondary N) is 1. The van der Waals surface area contributed by atoms with Crippen molar-refractivity contribution in [2.75, 3.05) is 23.3 Å². The van der Waals surface area contributed by atoms with Gasteiger partial charge in [-0.15, -0.1) is 0 Å². The molecule has 26 heavy (non-hydrogen) atoms. The number of carbonyl (C=O) groups is 1. The number of hydrogen-bond acceptors (Lipinski definition) is 3. The molecule has 0 aromatic heterocycles. The lowest BCUT2D eigenvalue weighted by Crippen LogP contribution is -2.30. The molecule has 0 spiro atoms. The summed E-state index contributed by atoms with van der Waals surface area (Å²) in [6.45, 7) is 6.20. The van der Waals surface area contributed by atoms with Crippen LogP contribution in [-0.4, -0.2) is 25.1 Å². The average molecular weight is 352 g/mol. The minimum Gasteiger partial charge on any atom is -0.491 e. The predicted octanol–water partition coefficient (Wildman–Crippen LogP) is 5.11. The molecule has 0 radical (unpaired) electrons. The van der Waals surface area contributed by atoms with E-state index < -0.39 is 0 Å². The molecule has 2 aromatic rings. The van der Waals surface area contributed by atoms with E-state index in [1.165, 1.54) is 19.3 Å². The molecule has 1 unspecified atom stereocenters. The fourth-order valence-electron chi connectivity index (χ4n) is 3.21. The number of benzene rings is 2. The van der Waals surface area contributed by atoms with Gasteiger partial charge in [0, 0.05) is 18.7 Å². The van der Waals surface area contributed by atoms with Crippen LogP contribution >= 0.6 is 0 Å². The Labute approximate surface area is 156 Å². The van der Waals surface area contributed by atoms with Gasteiger partial charge in [0.25, 0.3) is 5.91 Å². The number of para-hydroxylation sites is 2. The summed E-state index contributed by atoms with van der Waals surface area (Å²) in [6.07, 6.45) is 4.76. The molecule has 2 aromatic carbocycles. The first-order valence-electron chi connectivity index (χ1n) is 9.59. The van der Waals surface area contributed by atoms with E-state index in [1.54, 1.807) is 0 Å². The Kier molecular flexibility index (Phi) is 6.16. The monoisotopic (exact) mass is 352 g/mol. The van der Waals surface area contributed by atoms with Crippen LogP contribution in [0, 0.1) is 0 Å². The number of ether oxygens (including phenoxy) is 1. The van der Waals surface area contributed by atoms with Crippen LogP contribution in [0.15, 0.2) is 48.5 Å². The van der Waals surface area contributed by atoms with Gasteiger partial charge in [0.05, 0.1) is 17.5 Å². The molecule has 1 aliphatic rings. The fourth-order valence-corrected chi connectivity index (χ4v) is 3.21. The minimum atomic E-state index is -0.107. The van der Waals surface area contributed by atoms with E-state index in [9.17, 15) is 4.79 Å². The number of amides is 1. The van der Waals surface area contributed by atoms with E-state index in [2.05, 4.69) is 23.2 Å². The first-order chi connectivity index (χ1) is 12.7. The predicted molar refractivity (Wildman–Crippen MR) is 107 cm³/mol. The third-order valence-corrected chi connectivity index (χ3v) is 4.86. The standard InChI is InChI=1S/C22H28N2O2/c1-3-17(2)26-19-11-9-10-18(16-19)22(25)23-20-12-5-6-13-21(20)24-14-7-4-8-15-24/h5-6,9-13,16-17H,3-4,7-8,14-15H2,1-2H3,(H,23,25). The van der Waals surface area contributed by atoms with E-state index in [-0.39, 0.29) is 12.0 Å². The van der Waals surface area contributed by atoms with Gasteiger partial charge in [0.1, 0.15) is 5.75 Å². The van der Waals surface area contributed by atoms with Crippen LogP contribution < -0.4 is 15.0 Å². The highest BCUT2D eigenvalue weighted by molar-refractivity contribution is 6.06. The van der Waals surface area contributed by atoms with E-state index in [0.717, 1.165) is 36.6 Å². The Morgan fingerprint density at radius 1 is 1.12 bits per heavy atom. The molecule has 1 fully saturated rings. The van der Waals surface area contributed by atoms with Gasteiger partial charge in [0.15, 0.2) is 0 Å². The van der Waals surface area contributed by atoms with Crippen LogP contribution in [0.3, 0.4) is 0 Å². The van der Waals surface area contributed by atoms with Gasteiger partial charge in [-0.05, 0) is 62.9 Å². The van der Waals surface area contributed by atoms with Crippen molar-refractivity contribution < 1.29 is 9.53 Å². The molecule has 1 atom stereocenters. The summed E-state index contributed by atoms with van der Waals surface area (Å²) in [5.41, 5.74) is 2.58. The second-order valence-electron chi connectivity index (χ2n) is 6.88. The number of carbonyl (C=O) groups excluding carboxylic acids is 1. The van der Waals surface area contributed by atoms with Gasteiger partial charge < -0.3 is 15.0 Å². The second kappa shape index (κ2) is 8.75. The zero-order valence-corrected chi connectivity index (χ0v) is 15.7. The van der Waals surface area contributed by atoms with E-state index in [1.807, 2.05) is 49.4 Å². The Bertz CT molecular complexity index is 738. The van der Waals surface area contributed by atoms with Crippen molar-refractivity contribution in [2.45, 2.75) is 45.6 Å². The van der Waals surface area contributed by atoms with E-state index in [4.69, 9.17) is 4.74 Å². The van der Waals surface area contributed by atoms with Crippen LogP contribution in [0.5, 0.6) is 5.75 Å². The molecule has 4 nitrogen and oxygen atoms in total. The molecule has 0 aliphatic carbocycles. The lowest BCUT2D eigenvalue weighted by atomic mass is 10.1. The van der Waals surface area contributed by atoms with Crippen molar-refractivity contribution in [1.82, 2.24) is 0 Å². The van der Waals surface area contributed by atoms with Crippen molar-refractivity contribution in [3.05, 3.63) is 54.1 Å². The van der Waals surface area contributed by atoms with Crippen molar-refractivity contribution in [3.63, 3.8) is 0 Å². The van der Waals surface area contributed by atoms with Gasteiger partial charge in [-0.1, -0.05) is 25.1 Å². The SMILES string of the molecule is CCC(C)Oc1cccc(C(=O)Nc2ccccc2N2CCCCC2)c1. The highest BCUT2D eigenvalue weighted by Gasteiger charge is 2.16. The van der Waals surface area contributed by atoms with E-state index in [0.29, 0.717) is 5.56 Å². The van der Waals surface area contributed by atoms with Crippen molar-refractivity contribution in [3.8, 4) is 5.75 Å². The second-order valence-corrected chi connectivity index (χ2v) is 6.88. The molecular weight excluding hydrogens is 324 g/mol. The van der Waals surface area contributed by atoms with Crippen LogP contribution in [0.25, 0.3) is 0 Å². The molecule has 0 bridgehead atoms. The summed E-state index contributed by atoms with van der Waals surface area (Å²) in [7, 11) is 0. The number of rotatable bonds is 6. The first-order valence-corrected chi connectivity index (χ1v) is 9.59. The molecule has 3 rings (SSSR count). The summed E-state index contributed by atoms with van der Waals surface area (Å²) < 4.78 is 5.84. The fraction of sp³-hybridized carbons (Fsp3) is 0.409. The molecule has 1 N–H and O–H groups in total. The maximum atomic E-state index is 12.8. The van der Waals surface area contributed by atoms with Crippen LogP contribution in [0.4, 0.5) is 11.4 Å². The van der Waals surface area contributed by atoms with Crippen LogP contribution in [0.1, 0.15) is 49.9 Å². The smallest absolute Gasteiger partial charge is 0.255 e. The lowest BCUT2D eigenvalue weighted by Gasteiger charge is -2.30. The molecule has 1 saturated heterocycles. The Hall–Kier alpha value is -2.49. The summed E-state index contributed by atoms with van der Waals surface area (Å²) in [5, 5.41) is 3.08. The van der Waals surface area contributed by atoms with E-state index >= 15 is 0 Å². The molecule has 4 heteroatoms. The number of hydrogen-bond donors (Lipinski definition) is 1. The highest BCUT2D eigenvalue weighted by atomic mass is 16.5. The molecule has 1 heterocycles. The maximum Gasteiger partial charge on any atom is 0.255 e. The zero-order valence-electron chi connectivity index (χ0n) is 15.7. The van der Waals surface area contributed by atoms with Gasteiger partial charge in [-0.3, -0.25) is 4.79 Å².